The van der Waals surface area contributed by atoms with E-state index in [1.807, 2.05) is 48.5 Å². The lowest BCUT2D eigenvalue weighted by molar-refractivity contribution is -0.132. The molecule has 0 radical (unpaired) electrons. The van der Waals surface area contributed by atoms with E-state index < -0.39 is 17.7 Å². The Balaban J connectivity index is 1.50. The monoisotopic (exact) mass is 633 g/mol. The van der Waals surface area contributed by atoms with E-state index in [-0.39, 0.29) is 16.5 Å². The molecule has 2 heterocycles. The van der Waals surface area contributed by atoms with E-state index in [1.165, 1.54) is 28.0 Å². The zero-order valence-electron chi connectivity index (χ0n) is 24.1. The molecule has 1 atom stereocenters. The van der Waals surface area contributed by atoms with Gasteiger partial charge in [0.1, 0.15) is 11.5 Å². The fourth-order valence-corrected chi connectivity index (χ4v) is 6.87. The quantitative estimate of drug-likeness (QED) is 0.0442. The summed E-state index contributed by atoms with van der Waals surface area (Å²) in [4.78, 5) is 28.5. The standard InChI is InChI=1S/C33H32ClN3O4S2/c1-4-5-18-41-25-16-14-23(15-17-25)29(38)27-28(22-12-10-21(11-13-22)20(2)3)37(31(40)30(27)39)32-35-36-33(43-32)42-19-24-8-6-7-9-26(24)34/h6-17,20,28,38H,4-5,18-19H2,1-3H3/b29-27-. The zero-order valence-corrected chi connectivity index (χ0v) is 26.5. The number of unbranched alkanes of at least 4 members (excludes halogenated alkanes) is 1. The predicted octanol–water partition coefficient (Wildman–Crippen LogP) is 8.41. The lowest BCUT2D eigenvalue weighted by Crippen LogP contribution is -2.29. The van der Waals surface area contributed by atoms with Crippen LogP contribution in [0, 0.1) is 0 Å². The molecule has 1 aliphatic heterocycles. The number of Topliss-reactive ketones (excluding diaryl/α,β-unsaturated/α-hetero) is 1. The second-order valence-corrected chi connectivity index (χ2v) is 13.0. The molecule has 3 aromatic carbocycles. The van der Waals surface area contributed by atoms with Crippen LogP contribution < -0.4 is 9.64 Å². The summed E-state index contributed by atoms with van der Waals surface area (Å²) in [6.45, 7) is 6.88. The van der Waals surface area contributed by atoms with Crippen LogP contribution in [0.25, 0.3) is 5.76 Å². The van der Waals surface area contributed by atoms with Crippen molar-refractivity contribution in [2.75, 3.05) is 11.5 Å². The molecule has 5 rings (SSSR count). The minimum Gasteiger partial charge on any atom is -0.507 e. The van der Waals surface area contributed by atoms with Crippen LogP contribution in [0.1, 0.15) is 67.8 Å². The second kappa shape index (κ2) is 13.8. The SMILES string of the molecule is CCCCOc1ccc(/C(O)=C2/C(=O)C(=O)N(c3nnc(SCc4ccccc4Cl)s3)C2c2ccc(C(C)C)cc2)cc1. The smallest absolute Gasteiger partial charge is 0.301 e. The summed E-state index contributed by atoms with van der Waals surface area (Å²) in [5.74, 6) is -0.249. The first-order chi connectivity index (χ1) is 20.8. The van der Waals surface area contributed by atoms with Crippen molar-refractivity contribution in [3.8, 4) is 5.75 Å². The predicted molar refractivity (Wildman–Crippen MR) is 173 cm³/mol. The first-order valence-corrected chi connectivity index (χ1v) is 16.3. The van der Waals surface area contributed by atoms with Gasteiger partial charge in [0.2, 0.25) is 5.13 Å². The van der Waals surface area contributed by atoms with Crippen molar-refractivity contribution in [2.45, 2.75) is 55.7 Å². The summed E-state index contributed by atoms with van der Waals surface area (Å²) in [5, 5.41) is 21.0. The molecule has 43 heavy (non-hydrogen) atoms. The molecule has 0 saturated carbocycles. The van der Waals surface area contributed by atoms with Crippen molar-refractivity contribution in [2.24, 2.45) is 0 Å². The molecule has 1 unspecified atom stereocenters. The average molecular weight is 634 g/mol. The highest BCUT2D eigenvalue weighted by Crippen LogP contribution is 2.44. The van der Waals surface area contributed by atoms with E-state index in [0.29, 0.717) is 44.5 Å². The number of thioether (sulfide) groups is 1. The van der Waals surface area contributed by atoms with Crippen molar-refractivity contribution >= 4 is 57.3 Å². The van der Waals surface area contributed by atoms with Crippen molar-refractivity contribution in [1.82, 2.24) is 10.2 Å². The Morgan fingerprint density at radius 3 is 2.44 bits per heavy atom. The number of benzene rings is 3. The molecule has 4 aromatic rings. The Morgan fingerprint density at radius 2 is 1.77 bits per heavy atom. The number of rotatable bonds is 11. The first kappa shape index (κ1) is 30.8. The van der Waals surface area contributed by atoms with Crippen LogP contribution in [0.15, 0.2) is 82.7 Å². The van der Waals surface area contributed by atoms with Crippen LogP contribution in [-0.2, 0) is 15.3 Å². The van der Waals surface area contributed by atoms with Crippen LogP contribution in [0.4, 0.5) is 5.13 Å². The maximum Gasteiger partial charge on any atom is 0.301 e. The third kappa shape index (κ3) is 6.79. The van der Waals surface area contributed by atoms with Gasteiger partial charge in [-0.2, -0.15) is 0 Å². The van der Waals surface area contributed by atoms with Crippen LogP contribution in [0.5, 0.6) is 5.75 Å². The number of ketones is 1. The van der Waals surface area contributed by atoms with Crippen LogP contribution in [-0.4, -0.2) is 33.6 Å². The number of carbonyl (C=O) groups excluding carboxylic acids is 2. The first-order valence-electron chi connectivity index (χ1n) is 14.1. The highest BCUT2D eigenvalue weighted by molar-refractivity contribution is 8.00. The minimum absolute atomic E-state index is 0.00224. The van der Waals surface area contributed by atoms with E-state index in [4.69, 9.17) is 16.3 Å². The Bertz CT molecular complexity index is 1630. The molecular formula is C33H32ClN3O4S2. The molecule has 0 aliphatic carbocycles. The number of amides is 1. The topological polar surface area (TPSA) is 92.6 Å². The molecule has 222 valence electrons. The number of carbonyl (C=O) groups is 2. The van der Waals surface area contributed by atoms with Gasteiger partial charge in [-0.05, 0) is 59.4 Å². The van der Waals surface area contributed by atoms with Crippen molar-refractivity contribution in [3.63, 3.8) is 0 Å². The fourth-order valence-electron chi connectivity index (χ4n) is 4.72. The molecule has 0 bridgehead atoms. The van der Waals surface area contributed by atoms with Gasteiger partial charge in [-0.1, -0.05) is 104 Å². The number of aliphatic hydroxyl groups excluding tert-OH is 1. The van der Waals surface area contributed by atoms with Gasteiger partial charge in [-0.25, -0.2) is 0 Å². The maximum absolute atomic E-state index is 13.6. The second-order valence-electron chi connectivity index (χ2n) is 10.4. The van der Waals surface area contributed by atoms with Crippen LogP contribution in [0.2, 0.25) is 5.02 Å². The fraction of sp³-hybridized carbons (Fsp3) is 0.273. The van der Waals surface area contributed by atoms with Gasteiger partial charge < -0.3 is 9.84 Å². The molecular weight excluding hydrogens is 602 g/mol. The maximum atomic E-state index is 13.6. The lowest BCUT2D eigenvalue weighted by atomic mass is 9.93. The molecule has 1 N–H and O–H groups in total. The number of anilines is 1. The Hall–Kier alpha value is -3.66. The van der Waals surface area contributed by atoms with Gasteiger partial charge in [-0.3, -0.25) is 14.5 Å². The summed E-state index contributed by atoms with van der Waals surface area (Å²) in [7, 11) is 0. The van der Waals surface area contributed by atoms with E-state index in [9.17, 15) is 14.7 Å². The van der Waals surface area contributed by atoms with Gasteiger partial charge in [0.05, 0.1) is 18.2 Å². The average Bonchev–Trinajstić information content (AvgIpc) is 3.58. The number of hydrogen-bond acceptors (Lipinski definition) is 8. The molecule has 1 aromatic heterocycles. The number of aliphatic hydroxyl groups is 1. The van der Waals surface area contributed by atoms with Gasteiger partial charge in [0, 0.05) is 16.3 Å². The Morgan fingerprint density at radius 1 is 1.05 bits per heavy atom. The van der Waals surface area contributed by atoms with Gasteiger partial charge >= 0.3 is 5.91 Å². The van der Waals surface area contributed by atoms with Crippen molar-refractivity contribution < 1.29 is 19.4 Å². The van der Waals surface area contributed by atoms with E-state index in [1.54, 1.807) is 24.3 Å². The normalized spacial score (nSPS) is 16.3. The molecule has 1 aliphatic rings. The molecule has 1 amide bonds. The number of aromatic nitrogens is 2. The van der Waals surface area contributed by atoms with Crippen LogP contribution >= 0.6 is 34.7 Å². The third-order valence-corrected chi connectivity index (χ3v) is 9.64. The lowest BCUT2D eigenvalue weighted by Gasteiger charge is -2.23. The highest BCUT2D eigenvalue weighted by atomic mass is 35.5. The summed E-state index contributed by atoms with van der Waals surface area (Å²) in [6.07, 6.45) is 1.96. The molecule has 10 heteroatoms. The van der Waals surface area contributed by atoms with Gasteiger partial charge in [-0.15, -0.1) is 10.2 Å². The molecule has 1 fully saturated rings. The molecule has 1 saturated heterocycles. The minimum atomic E-state index is -0.879. The zero-order chi connectivity index (χ0) is 30.5. The van der Waals surface area contributed by atoms with Gasteiger partial charge in [0.15, 0.2) is 4.34 Å². The summed E-state index contributed by atoms with van der Waals surface area (Å²) in [5.41, 5.74) is 3.18. The number of hydrogen-bond donors (Lipinski definition) is 1. The summed E-state index contributed by atoms with van der Waals surface area (Å²) in [6, 6.07) is 21.3. The van der Waals surface area contributed by atoms with Gasteiger partial charge in [0.25, 0.3) is 5.78 Å². The van der Waals surface area contributed by atoms with Crippen molar-refractivity contribution in [1.29, 1.82) is 0 Å². The van der Waals surface area contributed by atoms with E-state index in [2.05, 4.69) is 31.0 Å². The molecule has 0 spiro atoms. The van der Waals surface area contributed by atoms with Crippen molar-refractivity contribution in [3.05, 3.63) is 106 Å². The highest BCUT2D eigenvalue weighted by Gasteiger charge is 2.48. The Kier molecular flexibility index (Phi) is 9.85. The number of halogens is 1. The third-order valence-electron chi connectivity index (χ3n) is 7.17. The molecule has 7 nitrogen and oxygen atoms in total. The van der Waals surface area contributed by atoms with E-state index >= 15 is 0 Å². The number of ether oxygens (including phenoxy) is 1. The largest absolute Gasteiger partial charge is 0.507 e. The van der Waals surface area contributed by atoms with E-state index in [0.717, 1.165) is 24.0 Å². The summed E-state index contributed by atoms with van der Waals surface area (Å²) < 4.78 is 6.38. The van der Waals surface area contributed by atoms with Crippen LogP contribution in [0.3, 0.4) is 0 Å². The number of nitrogens with zero attached hydrogens (tertiary/aromatic N) is 3. The summed E-state index contributed by atoms with van der Waals surface area (Å²) >= 11 is 8.98. The Labute approximate surface area is 264 Å².